The standard InChI is InChI=1S/C4H4B2O4/c5-9-3(7)1-2-4(8)10-6/h1-2H2. The molecule has 0 N–H and O–H groups in total. The van der Waals surface area contributed by atoms with Crippen molar-refractivity contribution in [1.82, 2.24) is 0 Å². The van der Waals surface area contributed by atoms with Crippen molar-refractivity contribution in [2.75, 3.05) is 0 Å². The molecule has 0 aromatic heterocycles. The molecule has 50 valence electrons. The fourth-order valence-corrected chi connectivity index (χ4v) is 0.322. The van der Waals surface area contributed by atoms with Crippen LogP contribution in [0.4, 0.5) is 0 Å². The molecule has 0 amide bonds. The highest BCUT2D eigenvalue weighted by Crippen LogP contribution is 1.92. The van der Waals surface area contributed by atoms with Gasteiger partial charge in [0.1, 0.15) is 0 Å². The van der Waals surface area contributed by atoms with E-state index in [-0.39, 0.29) is 12.8 Å². The summed E-state index contributed by atoms with van der Waals surface area (Å²) in [6, 6.07) is 0. The van der Waals surface area contributed by atoms with Crippen molar-refractivity contribution in [3.63, 3.8) is 0 Å². The summed E-state index contributed by atoms with van der Waals surface area (Å²) in [5.41, 5.74) is 0. The zero-order valence-corrected chi connectivity index (χ0v) is 5.20. The Kier molecular flexibility index (Phi) is 4.45. The molecule has 0 spiro atoms. The van der Waals surface area contributed by atoms with Gasteiger partial charge in [0.25, 0.3) is 11.9 Å². The second-order valence-corrected chi connectivity index (χ2v) is 1.48. The maximum atomic E-state index is 10.2. The van der Waals surface area contributed by atoms with Crippen LogP contribution in [0.2, 0.25) is 0 Å². The number of hydrogen-bond acceptors (Lipinski definition) is 4. The van der Waals surface area contributed by atoms with Crippen molar-refractivity contribution < 1.29 is 18.9 Å². The first-order valence-electron chi connectivity index (χ1n) is 2.50. The van der Waals surface area contributed by atoms with Crippen molar-refractivity contribution in [2.24, 2.45) is 0 Å². The molecule has 0 atom stereocenters. The molecular formula is C4H4B2O4. The molecule has 4 radical (unpaired) electrons. The van der Waals surface area contributed by atoms with E-state index in [9.17, 15) is 9.59 Å². The van der Waals surface area contributed by atoms with Gasteiger partial charge >= 0.3 is 16.1 Å². The molecule has 0 aliphatic carbocycles. The van der Waals surface area contributed by atoms with Crippen molar-refractivity contribution in [1.29, 1.82) is 0 Å². The Morgan fingerprint density at radius 2 is 1.30 bits per heavy atom. The van der Waals surface area contributed by atoms with E-state index in [1.165, 1.54) is 0 Å². The van der Waals surface area contributed by atoms with Crippen LogP contribution in [0, 0.1) is 0 Å². The fourth-order valence-electron chi connectivity index (χ4n) is 0.322. The lowest BCUT2D eigenvalue weighted by Gasteiger charge is -1.97. The van der Waals surface area contributed by atoms with Gasteiger partial charge in [-0.25, -0.2) is 0 Å². The van der Waals surface area contributed by atoms with Gasteiger partial charge in [-0.15, -0.1) is 0 Å². The molecule has 0 aromatic carbocycles. The summed E-state index contributed by atoms with van der Waals surface area (Å²) in [7, 11) is 8.93. The Morgan fingerprint density at radius 3 is 1.50 bits per heavy atom. The van der Waals surface area contributed by atoms with Gasteiger partial charge in [-0.3, -0.25) is 9.59 Å². The van der Waals surface area contributed by atoms with E-state index in [0.29, 0.717) is 0 Å². The normalized spacial score (nSPS) is 8.40. The van der Waals surface area contributed by atoms with Gasteiger partial charge in [0, 0.05) is 0 Å². The second-order valence-electron chi connectivity index (χ2n) is 1.48. The molecule has 0 aromatic rings. The van der Waals surface area contributed by atoms with Crippen LogP contribution < -0.4 is 0 Å². The largest absolute Gasteiger partial charge is 0.543 e. The van der Waals surface area contributed by atoms with Gasteiger partial charge in [0.05, 0.1) is 12.8 Å². The molecule has 0 saturated heterocycles. The average Bonchev–Trinajstić information content (AvgIpc) is 1.99. The van der Waals surface area contributed by atoms with Crippen molar-refractivity contribution >= 4 is 28.0 Å². The van der Waals surface area contributed by atoms with Gasteiger partial charge in [0.15, 0.2) is 0 Å². The van der Waals surface area contributed by atoms with E-state index in [1.807, 2.05) is 0 Å². The van der Waals surface area contributed by atoms with Crippen LogP contribution in [0.5, 0.6) is 0 Å². The molecule has 10 heavy (non-hydrogen) atoms. The predicted molar refractivity (Wildman–Crippen MR) is 32.9 cm³/mol. The minimum absolute atomic E-state index is 0.119. The van der Waals surface area contributed by atoms with E-state index >= 15 is 0 Å². The number of carbonyl (C=O) groups is 2. The van der Waals surface area contributed by atoms with Gasteiger partial charge in [0.2, 0.25) is 0 Å². The van der Waals surface area contributed by atoms with Crippen molar-refractivity contribution in [3.8, 4) is 0 Å². The first-order chi connectivity index (χ1) is 4.70. The molecule has 4 nitrogen and oxygen atoms in total. The van der Waals surface area contributed by atoms with E-state index < -0.39 is 11.9 Å². The Bertz CT molecular complexity index is 119. The van der Waals surface area contributed by atoms with E-state index in [4.69, 9.17) is 0 Å². The van der Waals surface area contributed by atoms with Crippen LogP contribution in [0.3, 0.4) is 0 Å². The SMILES string of the molecule is [B]OC(=O)CCC(=O)O[B]. The molecule has 0 fully saturated rings. The smallest absolute Gasteiger partial charge is 0.378 e. The third kappa shape index (κ3) is 4.00. The molecule has 0 saturated carbocycles. The molecular weight excluding hydrogens is 134 g/mol. The third-order valence-corrected chi connectivity index (χ3v) is 0.796. The Morgan fingerprint density at radius 1 is 1.00 bits per heavy atom. The lowest BCUT2D eigenvalue weighted by Crippen LogP contribution is -2.07. The van der Waals surface area contributed by atoms with Crippen LogP contribution in [-0.2, 0) is 18.9 Å². The predicted octanol–water partition coefficient (Wildman–Crippen LogP) is -0.980. The van der Waals surface area contributed by atoms with Crippen LogP contribution in [0.1, 0.15) is 12.8 Å². The minimum Gasteiger partial charge on any atom is -0.543 e. The van der Waals surface area contributed by atoms with Crippen molar-refractivity contribution in [2.45, 2.75) is 12.8 Å². The molecule has 0 heterocycles. The highest BCUT2D eigenvalue weighted by molar-refractivity contribution is 6.07. The molecule has 0 bridgehead atoms. The zero-order chi connectivity index (χ0) is 7.98. The average molecular weight is 138 g/mol. The van der Waals surface area contributed by atoms with Gasteiger partial charge in [-0.2, -0.15) is 0 Å². The Labute approximate surface area is 60.8 Å². The van der Waals surface area contributed by atoms with Crippen molar-refractivity contribution in [3.05, 3.63) is 0 Å². The Balaban J connectivity index is 3.35. The highest BCUT2D eigenvalue weighted by atomic mass is 16.5. The van der Waals surface area contributed by atoms with Gasteiger partial charge in [-0.05, 0) is 0 Å². The maximum absolute atomic E-state index is 10.2. The third-order valence-electron chi connectivity index (χ3n) is 0.796. The summed E-state index contributed by atoms with van der Waals surface area (Å²) in [6.45, 7) is 0. The van der Waals surface area contributed by atoms with E-state index in [2.05, 4.69) is 25.4 Å². The maximum Gasteiger partial charge on any atom is 0.378 e. The molecule has 0 unspecified atom stereocenters. The summed E-state index contributed by atoms with van der Waals surface area (Å²) in [6.07, 6.45) is -0.237. The Hall–Kier alpha value is -0.930. The number of rotatable bonds is 3. The lowest BCUT2D eigenvalue weighted by atomic mass is 10.3. The fraction of sp³-hybridized carbons (Fsp3) is 0.500. The van der Waals surface area contributed by atoms with E-state index in [1.54, 1.807) is 0 Å². The van der Waals surface area contributed by atoms with Crippen LogP contribution in [-0.4, -0.2) is 28.0 Å². The summed E-state index contributed by atoms with van der Waals surface area (Å²) in [4.78, 5) is 20.5. The minimum atomic E-state index is -0.676. The van der Waals surface area contributed by atoms with Crippen LogP contribution in [0.25, 0.3) is 0 Å². The number of carbonyl (C=O) groups excluding carboxylic acids is 2. The molecule has 0 aliphatic rings. The summed E-state index contributed by atoms with van der Waals surface area (Å²) in [5, 5.41) is 0. The quantitative estimate of drug-likeness (QED) is 0.470. The van der Waals surface area contributed by atoms with Crippen LogP contribution in [0.15, 0.2) is 0 Å². The lowest BCUT2D eigenvalue weighted by molar-refractivity contribution is -0.140. The monoisotopic (exact) mass is 138 g/mol. The van der Waals surface area contributed by atoms with Gasteiger partial charge < -0.3 is 9.31 Å². The summed E-state index contributed by atoms with van der Waals surface area (Å²) in [5.74, 6) is -1.35. The first-order valence-corrected chi connectivity index (χ1v) is 2.50. The van der Waals surface area contributed by atoms with Crippen LogP contribution >= 0.6 is 0 Å². The topological polar surface area (TPSA) is 52.6 Å². The highest BCUT2D eigenvalue weighted by Gasteiger charge is 2.04. The first kappa shape index (κ1) is 9.07. The summed E-state index contributed by atoms with van der Waals surface area (Å²) < 4.78 is 7.52. The van der Waals surface area contributed by atoms with Gasteiger partial charge in [-0.1, -0.05) is 0 Å². The zero-order valence-electron chi connectivity index (χ0n) is 5.20. The summed E-state index contributed by atoms with van der Waals surface area (Å²) >= 11 is 0. The second kappa shape index (κ2) is 4.90. The van der Waals surface area contributed by atoms with E-state index in [0.717, 1.165) is 0 Å². The molecule has 0 rings (SSSR count). The number of hydrogen-bond donors (Lipinski definition) is 0. The molecule has 0 aliphatic heterocycles. The molecule has 6 heteroatoms.